The third kappa shape index (κ3) is 2.29. The molecule has 1 heterocycles. The Morgan fingerprint density at radius 1 is 0.895 bits per heavy atom. The van der Waals surface area contributed by atoms with Crippen LogP contribution in [0.3, 0.4) is 0 Å². The summed E-state index contributed by atoms with van der Waals surface area (Å²) < 4.78 is 75.6. The Morgan fingerprint density at radius 2 is 1.47 bits per heavy atom. The average Bonchev–Trinajstić information content (AvgIpc) is 2.25. The van der Waals surface area contributed by atoms with E-state index in [9.17, 15) is 31.1 Å². The lowest BCUT2D eigenvalue weighted by atomic mass is 10.1. The molecule has 0 bridgehead atoms. The summed E-state index contributed by atoms with van der Waals surface area (Å²) in [7, 11) is 0. The first-order chi connectivity index (χ1) is 8.62. The number of hydrogen-bond acceptors (Lipinski definition) is 1. The molecule has 0 aliphatic heterocycles. The van der Waals surface area contributed by atoms with Crippen LogP contribution in [0, 0.1) is 0 Å². The molecule has 1 aromatic carbocycles. The molecule has 19 heavy (non-hydrogen) atoms. The van der Waals surface area contributed by atoms with Crippen molar-refractivity contribution in [2.75, 3.05) is 0 Å². The van der Waals surface area contributed by atoms with E-state index < -0.39 is 34.3 Å². The zero-order valence-electron chi connectivity index (χ0n) is 8.99. The van der Waals surface area contributed by atoms with Gasteiger partial charge in [-0.2, -0.15) is 26.3 Å². The number of fused-ring (bicyclic) bond motifs is 1. The highest BCUT2D eigenvalue weighted by atomic mass is 19.4. The molecule has 0 saturated heterocycles. The van der Waals surface area contributed by atoms with Crippen LogP contribution in [-0.4, -0.2) is 4.98 Å². The molecule has 0 amide bonds. The second kappa shape index (κ2) is 4.01. The van der Waals surface area contributed by atoms with Gasteiger partial charge in [-0.1, -0.05) is 6.07 Å². The third-order valence-corrected chi connectivity index (χ3v) is 2.52. The van der Waals surface area contributed by atoms with Crippen LogP contribution in [0.15, 0.2) is 29.2 Å². The molecule has 2 rings (SSSR count). The SMILES string of the molecule is O=c1c(C(F)(F)F)c[nH]c2cccc(C(F)(F)F)c12. The molecule has 0 atom stereocenters. The summed E-state index contributed by atoms with van der Waals surface area (Å²) in [5.41, 5.74) is -5.03. The molecule has 2 aromatic rings. The van der Waals surface area contributed by atoms with Gasteiger partial charge in [0.25, 0.3) is 0 Å². The van der Waals surface area contributed by atoms with Crippen molar-refractivity contribution in [2.45, 2.75) is 12.4 Å². The fraction of sp³-hybridized carbons (Fsp3) is 0.182. The minimum Gasteiger partial charge on any atom is -0.360 e. The van der Waals surface area contributed by atoms with Crippen molar-refractivity contribution in [2.24, 2.45) is 0 Å². The topological polar surface area (TPSA) is 32.9 Å². The molecule has 0 aliphatic rings. The molecular formula is C11H5F6NO. The van der Waals surface area contributed by atoms with E-state index in [1.165, 1.54) is 0 Å². The standard InChI is InChI=1S/C11H5F6NO/c12-10(13,14)5-2-1-3-7-8(5)9(19)6(4-18-7)11(15,16)17/h1-4H,(H,18,19). The summed E-state index contributed by atoms with van der Waals surface area (Å²) in [6.45, 7) is 0. The van der Waals surface area contributed by atoms with Gasteiger partial charge < -0.3 is 4.98 Å². The number of rotatable bonds is 0. The summed E-state index contributed by atoms with van der Waals surface area (Å²) in [6, 6.07) is 2.68. The van der Waals surface area contributed by atoms with Crippen LogP contribution in [0.25, 0.3) is 10.9 Å². The Hall–Kier alpha value is -1.99. The van der Waals surface area contributed by atoms with Gasteiger partial charge in [-0.05, 0) is 12.1 Å². The Labute approximate surface area is 101 Å². The van der Waals surface area contributed by atoms with E-state index in [1.807, 2.05) is 0 Å². The Bertz CT molecular complexity index is 682. The van der Waals surface area contributed by atoms with Crippen molar-refractivity contribution in [1.82, 2.24) is 4.98 Å². The second-order valence-corrected chi connectivity index (χ2v) is 3.76. The van der Waals surface area contributed by atoms with E-state index >= 15 is 0 Å². The largest absolute Gasteiger partial charge is 0.421 e. The van der Waals surface area contributed by atoms with E-state index in [2.05, 4.69) is 4.98 Å². The van der Waals surface area contributed by atoms with Crippen LogP contribution in [0.2, 0.25) is 0 Å². The first kappa shape index (κ1) is 13.4. The van der Waals surface area contributed by atoms with Crippen LogP contribution < -0.4 is 5.43 Å². The summed E-state index contributed by atoms with van der Waals surface area (Å²) in [4.78, 5) is 13.7. The minimum absolute atomic E-state index is 0.298. The highest BCUT2D eigenvalue weighted by Gasteiger charge is 2.38. The van der Waals surface area contributed by atoms with Gasteiger partial charge in [-0.15, -0.1) is 0 Å². The maximum absolute atomic E-state index is 12.7. The van der Waals surface area contributed by atoms with Crippen molar-refractivity contribution < 1.29 is 26.3 Å². The highest BCUT2D eigenvalue weighted by molar-refractivity contribution is 5.83. The third-order valence-electron chi connectivity index (χ3n) is 2.52. The molecule has 0 aliphatic carbocycles. The minimum atomic E-state index is -5.01. The van der Waals surface area contributed by atoms with E-state index in [4.69, 9.17) is 0 Å². The number of H-pyrrole nitrogens is 1. The zero-order chi connectivity index (χ0) is 14.4. The van der Waals surface area contributed by atoms with Crippen molar-refractivity contribution in [3.63, 3.8) is 0 Å². The number of pyridine rings is 1. The van der Waals surface area contributed by atoms with E-state index in [0.29, 0.717) is 12.3 Å². The molecule has 0 spiro atoms. The van der Waals surface area contributed by atoms with Crippen molar-refractivity contribution in [1.29, 1.82) is 0 Å². The number of benzene rings is 1. The number of aromatic amines is 1. The molecule has 0 saturated carbocycles. The second-order valence-electron chi connectivity index (χ2n) is 3.76. The van der Waals surface area contributed by atoms with Crippen LogP contribution in [0.4, 0.5) is 26.3 Å². The lowest BCUT2D eigenvalue weighted by Gasteiger charge is -2.12. The monoisotopic (exact) mass is 281 g/mol. The quantitative estimate of drug-likeness (QED) is 0.736. The van der Waals surface area contributed by atoms with E-state index in [1.54, 1.807) is 0 Å². The molecule has 2 nitrogen and oxygen atoms in total. The first-order valence-electron chi connectivity index (χ1n) is 4.91. The molecule has 0 unspecified atom stereocenters. The maximum atomic E-state index is 12.7. The summed E-state index contributed by atoms with van der Waals surface area (Å²) in [5, 5.41) is -1.01. The molecule has 1 aromatic heterocycles. The zero-order valence-corrected chi connectivity index (χ0v) is 8.99. The van der Waals surface area contributed by atoms with Crippen LogP contribution in [0.1, 0.15) is 11.1 Å². The van der Waals surface area contributed by atoms with Crippen LogP contribution in [0.5, 0.6) is 0 Å². The van der Waals surface area contributed by atoms with Gasteiger partial charge in [0.1, 0.15) is 5.56 Å². The number of halogens is 6. The predicted octanol–water partition coefficient (Wildman–Crippen LogP) is 3.57. The molecular weight excluding hydrogens is 276 g/mol. The summed E-state index contributed by atoms with van der Waals surface area (Å²) >= 11 is 0. The lowest BCUT2D eigenvalue weighted by molar-refractivity contribution is -0.139. The first-order valence-corrected chi connectivity index (χ1v) is 4.91. The van der Waals surface area contributed by atoms with Gasteiger partial charge in [0.15, 0.2) is 0 Å². The summed E-state index contributed by atoms with van der Waals surface area (Å²) in [5.74, 6) is 0. The van der Waals surface area contributed by atoms with Crippen molar-refractivity contribution in [3.05, 3.63) is 45.7 Å². The normalized spacial score (nSPS) is 12.9. The van der Waals surface area contributed by atoms with Gasteiger partial charge in [0.2, 0.25) is 5.43 Å². The number of alkyl halides is 6. The van der Waals surface area contributed by atoms with Crippen molar-refractivity contribution >= 4 is 10.9 Å². The lowest BCUT2D eigenvalue weighted by Crippen LogP contribution is -2.22. The maximum Gasteiger partial charge on any atom is 0.421 e. The van der Waals surface area contributed by atoms with Gasteiger partial charge in [-0.3, -0.25) is 4.79 Å². The summed E-state index contributed by atoms with van der Waals surface area (Å²) in [6.07, 6.45) is -9.55. The predicted molar refractivity (Wildman–Crippen MR) is 54.6 cm³/mol. The molecule has 102 valence electrons. The Balaban J connectivity index is 2.92. The van der Waals surface area contributed by atoms with Crippen molar-refractivity contribution in [3.8, 4) is 0 Å². The molecule has 0 radical (unpaired) electrons. The number of nitrogens with one attached hydrogen (secondary N) is 1. The number of hydrogen-bond donors (Lipinski definition) is 1. The Morgan fingerprint density at radius 3 is 2.00 bits per heavy atom. The van der Waals surface area contributed by atoms with Crippen LogP contribution >= 0.6 is 0 Å². The van der Waals surface area contributed by atoms with E-state index in [-0.39, 0.29) is 5.52 Å². The van der Waals surface area contributed by atoms with Gasteiger partial charge in [-0.25, -0.2) is 0 Å². The van der Waals surface area contributed by atoms with Gasteiger partial charge in [0, 0.05) is 11.7 Å². The fourth-order valence-electron chi connectivity index (χ4n) is 1.71. The average molecular weight is 281 g/mol. The number of aromatic nitrogens is 1. The highest BCUT2D eigenvalue weighted by Crippen LogP contribution is 2.34. The van der Waals surface area contributed by atoms with E-state index in [0.717, 1.165) is 12.1 Å². The smallest absolute Gasteiger partial charge is 0.360 e. The molecule has 0 fully saturated rings. The molecule has 8 heteroatoms. The van der Waals surface area contributed by atoms with Crippen LogP contribution in [-0.2, 0) is 12.4 Å². The molecule has 1 N–H and O–H groups in total. The Kier molecular flexibility index (Phi) is 2.83. The van der Waals surface area contributed by atoms with Gasteiger partial charge >= 0.3 is 12.4 Å². The fourth-order valence-corrected chi connectivity index (χ4v) is 1.71. The van der Waals surface area contributed by atoms with Gasteiger partial charge in [0.05, 0.1) is 10.9 Å².